The third kappa shape index (κ3) is 22.5. The van der Waals surface area contributed by atoms with Gasteiger partial charge in [-0.3, -0.25) is 0 Å². The van der Waals surface area contributed by atoms with Crippen LogP contribution in [0.5, 0.6) is 11.5 Å². The molecule has 0 bridgehead atoms. The Balaban J connectivity index is 0.000000891. The number of esters is 2. The molecule has 12 nitrogen and oxygen atoms in total. The summed E-state index contributed by atoms with van der Waals surface area (Å²) in [7, 11) is 2.55. The standard InChI is InChI=1S/C17H25NO5S.C16H22ClNO5.CH2Cl2/c1-17(2,3)23-16(20)18-14(15(19)21-4)10-12-6-8-13(9-7-12)22-11-24-5;1-16(2,3)23-15(20)18-13(14(19)21-4)9-11-5-7-12(8-6-11)22-10-17;2-1-3/h6-9,14H,10-11H2,1-5H3,(H,18,20);5-8,13H,9-10H2,1-4H3,(H,18,20);1H2. The van der Waals surface area contributed by atoms with E-state index in [-0.39, 0.29) is 17.8 Å². The second-order valence-corrected chi connectivity index (χ2v) is 13.9. The summed E-state index contributed by atoms with van der Waals surface area (Å²) in [5.41, 5.74) is 0.420. The number of carbonyl (C=O) groups is 4. The Hall–Kier alpha value is -3.26. The summed E-state index contributed by atoms with van der Waals surface area (Å²) in [6.07, 6.45) is 1.20. The predicted molar refractivity (Wildman–Crippen MR) is 198 cm³/mol. The Morgan fingerprint density at radius 3 is 1.28 bits per heavy atom. The van der Waals surface area contributed by atoms with Crippen molar-refractivity contribution in [2.75, 3.05) is 37.8 Å². The minimum absolute atomic E-state index is 0.0599. The SMILES string of the molecule is COC(=O)C(Cc1ccc(OCCl)cc1)NC(=O)OC(C)(C)C.COC(=O)C(Cc1ccc(OCSC)cc1)NC(=O)OC(C)(C)C.ClCCl. The van der Waals surface area contributed by atoms with Gasteiger partial charge in [0.1, 0.15) is 40.7 Å². The summed E-state index contributed by atoms with van der Waals surface area (Å²) in [6, 6.07) is 12.8. The summed E-state index contributed by atoms with van der Waals surface area (Å²) < 4.78 is 30.4. The number of amides is 2. The molecule has 2 rings (SSSR count). The third-order valence-electron chi connectivity index (χ3n) is 5.64. The van der Waals surface area contributed by atoms with Crippen LogP contribution < -0.4 is 20.1 Å². The van der Waals surface area contributed by atoms with Gasteiger partial charge in [0.15, 0.2) is 6.07 Å². The van der Waals surface area contributed by atoms with Gasteiger partial charge in [0, 0.05) is 12.8 Å². The number of rotatable bonds is 13. The lowest BCUT2D eigenvalue weighted by Gasteiger charge is -2.22. The molecule has 2 unspecified atom stereocenters. The fourth-order valence-corrected chi connectivity index (χ4v) is 4.06. The lowest BCUT2D eigenvalue weighted by molar-refractivity contribution is -0.143. The maximum Gasteiger partial charge on any atom is 0.408 e. The van der Waals surface area contributed by atoms with Crippen molar-refractivity contribution in [1.29, 1.82) is 0 Å². The average Bonchev–Trinajstić information content (AvgIpc) is 3.03. The number of thioether (sulfide) groups is 1. The highest BCUT2D eigenvalue weighted by Crippen LogP contribution is 2.17. The molecule has 2 aromatic rings. The van der Waals surface area contributed by atoms with Gasteiger partial charge in [0.05, 0.1) is 19.6 Å². The monoisotopic (exact) mass is 782 g/mol. The van der Waals surface area contributed by atoms with Crippen molar-refractivity contribution in [3.8, 4) is 11.5 Å². The molecule has 0 saturated heterocycles. The van der Waals surface area contributed by atoms with E-state index in [4.69, 9.17) is 63.2 Å². The minimum atomic E-state index is -0.838. The molecule has 2 amide bonds. The first-order valence-corrected chi connectivity index (χ1v) is 18.2. The van der Waals surface area contributed by atoms with Gasteiger partial charge in [-0.05, 0) is 83.2 Å². The molecule has 0 spiro atoms. The molecule has 2 N–H and O–H groups in total. The normalized spacial score (nSPS) is 11.8. The topological polar surface area (TPSA) is 148 Å². The first-order chi connectivity index (χ1) is 23.4. The summed E-state index contributed by atoms with van der Waals surface area (Å²) in [4.78, 5) is 47.5. The molecule has 0 aromatic heterocycles. The molecule has 2 atom stereocenters. The largest absolute Gasteiger partial charge is 0.483 e. The van der Waals surface area contributed by atoms with Crippen molar-refractivity contribution in [3.05, 3.63) is 59.7 Å². The van der Waals surface area contributed by atoms with Gasteiger partial charge in [-0.15, -0.1) is 35.0 Å². The van der Waals surface area contributed by atoms with Crippen LogP contribution in [0.4, 0.5) is 9.59 Å². The summed E-state index contributed by atoms with van der Waals surface area (Å²) in [5, 5.41) is 5.27. The number of hydrogen-bond donors (Lipinski definition) is 2. The first-order valence-electron chi connectivity index (χ1n) is 15.2. The number of alkyl carbamates (subject to hydrolysis) is 2. The van der Waals surface area contributed by atoms with E-state index in [0.29, 0.717) is 18.1 Å². The Morgan fingerprint density at radius 1 is 0.660 bits per heavy atom. The molecular weight excluding hydrogens is 735 g/mol. The number of nitrogens with one attached hydrogen (secondary N) is 2. The summed E-state index contributed by atoms with van der Waals surface area (Å²) in [5.74, 6) is 0.881. The lowest BCUT2D eigenvalue weighted by Crippen LogP contribution is -2.45. The van der Waals surface area contributed by atoms with Crippen LogP contribution in [0.1, 0.15) is 52.7 Å². The highest BCUT2D eigenvalue weighted by molar-refractivity contribution is 7.98. The van der Waals surface area contributed by atoms with E-state index in [1.807, 2.05) is 30.5 Å². The lowest BCUT2D eigenvalue weighted by atomic mass is 10.1. The molecular formula is C34H49Cl3N2O10S. The number of benzene rings is 2. The van der Waals surface area contributed by atoms with Crippen LogP contribution in [-0.4, -0.2) is 85.2 Å². The van der Waals surface area contributed by atoms with E-state index in [0.717, 1.165) is 16.9 Å². The number of methoxy groups -OCH3 is 2. The van der Waals surface area contributed by atoms with Crippen molar-refractivity contribution in [2.24, 2.45) is 0 Å². The fraction of sp³-hybridized carbons (Fsp3) is 0.529. The van der Waals surface area contributed by atoms with Gasteiger partial charge in [-0.2, -0.15) is 0 Å². The Morgan fingerprint density at radius 2 is 1.00 bits per heavy atom. The predicted octanol–water partition coefficient (Wildman–Crippen LogP) is 7.29. The third-order valence-corrected chi connectivity index (χ3v) is 6.11. The molecule has 0 fully saturated rings. The molecule has 282 valence electrons. The van der Waals surface area contributed by atoms with Crippen molar-refractivity contribution < 1.29 is 47.6 Å². The Kier molecular flexibility index (Phi) is 23.2. The molecule has 0 heterocycles. The van der Waals surface area contributed by atoms with Crippen molar-refractivity contribution in [2.45, 2.75) is 77.7 Å². The molecule has 2 aromatic carbocycles. The average molecular weight is 784 g/mol. The molecule has 50 heavy (non-hydrogen) atoms. The number of hydrogen-bond acceptors (Lipinski definition) is 11. The molecule has 0 aliphatic rings. The van der Waals surface area contributed by atoms with Gasteiger partial charge < -0.3 is 39.1 Å². The zero-order valence-electron chi connectivity index (χ0n) is 29.9. The van der Waals surface area contributed by atoms with Crippen LogP contribution in [0.15, 0.2) is 48.5 Å². The number of alkyl halides is 3. The highest BCUT2D eigenvalue weighted by Gasteiger charge is 2.26. The van der Waals surface area contributed by atoms with Crippen LogP contribution in [-0.2, 0) is 41.4 Å². The van der Waals surface area contributed by atoms with E-state index in [1.165, 1.54) is 14.2 Å². The van der Waals surface area contributed by atoms with Crippen LogP contribution in [0.2, 0.25) is 0 Å². The number of carbonyl (C=O) groups excluding carboxylic acids is 4. The minimum Gasteiger partial charge on any atom is -0.483 e. The maximum atomic E-state index is 11.9. The maximum absolute atomic E-state index is 11.9. The highest BCUT2D eigenvalue weighted by atomic mass is 35.5. The molecule has 0 aliphatic heterocycles. The Bertz CT molecular complexity index is 1290. The smallest absolute Gasteiger partial charge is 0.408 e. The van der Waals surface area contributed by atoms with E-state index >= 15 is 0 Å². The van der Waals surface area contributed by atoms with Crippen molar-refractivity contribution in [3.63, 3.8) is 0 Å². The van der Waals surface area contributed by atoms with Crippen LogP contribution in [0.25, 0.3) is 0 Å². The van der Waals surface area contributed by atoms with Gasteiger partial charge in [0.2, 0.25) is 0 Å². The Labute approximate surface area is 314 Å². The first kappa shape index (κ1) is 46.7. The fourth-order valence-electron chi connectivity index (χ4n) is 3.68. The molecule has 16 heteroatoms. The van der Waals surface area contributed by atoms with Gasteiger partial charge in [-0.25, -0.2) is 19.2 Å². The summed E-state index contributed by atoms with van der Waals surface area (Å²) >= 11 is 16.6. The molecule has 0 saturated carbocycles. The second-order valence-electron chi connectivity index (χ2n) is 12.0. The van der Waals surface area contributed by atoms with Crippen LogP contribution in [0, 0.1) is 0 Å². The zero-order valence-corrected chi connectivity index (χ0v) is 33.0. The van der Waals surface area contributed by atoms with Gasteiger partial charge in [-0.1, -0.05) is 35.9 Å². The van der Waals surface area contributed by atoms with E-state index in [9.17, 15) is 19.2 Å². The van der Waals surface area contributed by atoms with E-state index in [1.54, 1.807) is 77.6 Å². The molecule has 0 aliphatic carbocycles. The van der Waals surface area contributed by atoms with E-state index < -0.39 is 47.4 Å². The number of ether oxygens (including phenoxy) is 6. The van der Waals surface area contributed by atoms with Gasteiger partial charge in [0.25, 0.3) is 0 Å². The second kappa shape index (κ2) is 24.8. The van der Waals surface area contributed by atoms with Crippen molar-refractivity contribution >= 4 is 70.7 Å². The van der Waals surface area contributed by atoms with Crippen molar-refractivity contribution in [1.82, 2.24) is 10.6 Å². The van der Waals surface area contributed by atoms with Gasteiger partial charge >= 0.3 is 24.1 Å². The quantitative estimate of drug-likeness (QED) is 0.0914. The summed E-state index contributed by atoms with van der Waals surface area (Å²) in [6.45, 7) is 10.5. The van der Waals surface area contributed by atoms with Crippen LogP contribution in [0.3, 0.4) is 0 Å². The van der Waals surface area contributed by atoms with E-state index in [2.05, 4.69) is 10.6 Å². The number of halogens is 3. The van der Waals surface area contributed by atoms with Crippen LogP contribution >= 0.6 is 46.6 Å². The molecule has 0 radical (unpaired) electrons. The zero-order chi connectivity index (χ0) is 38.3.